The molecule has 0 amide bonds. The first-order valence-corrected chi connectivity index (χ1v) is 3.19. The van der Waals surface area contributed by atoms with Gasteiger partial charge in [0.25, 0.3) is 5.69 Å². The molecule has 0 saturated carbocycles. The smallest absolute Gasteiger partial charge is 0.306 e. The number of nitrogens with zero attached hydrogens (tertiary/aromatic N) is 1. The van der Waals surface area contributed by atoms with Crippen molar-refractivity contribution < 1.29 is 14.7 Å². The predicted octanol–water partition coefficient (Wildman–Crippen LogP) is -0.287. The van der Waals surface area contributed by atoms with Gasteiger partial charge in [0, 0.05) is 6.07 Å². The van der Waals surface area contributed by atoms with Crippen molar-refractivity contribution in [1.29, 1.82) is 0 Å². The van der Waals surface area contributed by atoms with E-state index in [-0.39, 0.29) is 11.2 Å². The number of nitro groups is 1. The Hall–Kier alpha value is -1.72. The Kier molecular flexibility index (Phi) is 2.18. The minimum absolute atomic E-state index is 0.00389. The third-order valence-electron chi connectivity index (χ3n) is 1.37. The van der Waals surface area contributed by atoms with Crippen LogP contribution < -0.4 is 5.46 Å². The van der Waals surface area contributed by atoms with Crippen LogP contribution in [0, 0.1) is 10.1 Å². The topological polar surface area (TPSA) is 80.4 Å². The van der Waals surface area contributed by atoms with Gasteiger partial charge in [-0.05, 0) is 6.07 Å². The van der Waals surface area contributed by atoms with E-state index in [2.05, 4.69) is 0 Å². The normalized spacial score (nSPS) is 9.33. The van der Waals surface area contributed by atoms with E-state index in [1.807, 2.05) is 0 Å². The molecule has 0 radical (unpaired) electrons. The molecule has 0 aromatic heterocycles. The molecule has 0 heterocycles. The SMILES string of the molecule is O=[B-](O)c1cccc([N+](=O)[O-])c1. The number of hydrogen-bond acceptors (Lipinski definition) is 3. The molecule has 0 aliphatic heterocycles. The van der Waals surface area contributed by atoms with Crippen LogP contribution in [0.2, 0.25) is 0 Å². The van der Waals surface area contributed by atoms with E-state index in [0.29, 0.717) is 0 Å². The summed E-state index contributed by atoms with van der Waals surface area (Å²) in [6.45, 7) is -1.91. The van der Waals surface area contributed by atoms with Crippen LogP contribution in [0.15, 0.2) is 24.3 Å². The Morgan fingerprint density at radius 2 is 2.17 bits per heavy atom. The van der Waals surface area contributed by atoms with Crippen LogP contribution in [0.25, 0.3) is 0 Å². The average molecular weight is 166 g/mol. The van der Waals surface area contributed by atoms with E-state index in [4.69, 9.17) is 5.02 Å². The molecule has 0 aliphatic rings. The summed E-state index contributed by atoms with van der Waals surface area (Å²) in [6.07, 6.45) is 0. The maximum Gasteiger partial charge on any atom is 0.306 e. The molecule has 0 fully saturated rings. The van der Waals surface area contributed by atoms with Crippen LogP contribution in [-0.2, 0) is 4.70 Å². The van der Waals surface area contributed by atoms with Crippen LogP contribution >= 0.6 is 0 Å². The highest BCUT2D eigenvalue weighted by molar-refractivity contribution is 6.52. The van der Waals surface area contributed by atoms with Crippen molar-refractivity contribution in [3.8, 4) is 0 Å². The standard InChI is InChI=1S/C6H5BNO4/c9-7(10)5-2-1-3-6(4-5)8(11)12/h1-4,9H/q-1. The second-order valence-corrected chi connectivity index (χ2v) is 2.20. The largest absolute Gasteiger partial charge is 0.734 e. The summed E-state index contributed by atoms with van der Waals surface area (Å²) in [4.78, 5) is 9.58. The monoisotopic (exact) mass is 166 g/mol. The van der Waals surface area contributed by atoms with Crippen molar-refractivity contribution in [3.63, 3.8) is 0 Å². The molecule has 5 nitrogen and oxygen atoms in total. The molecule has 6 heteroatoms. The summed E-state index contributed by atoms with van der Waals surface area (Å²) in [5, 5.41) is 18.7. The van der Waals surface area contributed by atoms with Gasteiger partial charge in [-0.3, -0.25) is 10.1 Å². The van der Waals surface area contributed by atoms with Gasteiger partial charge in [0.2, 0.25) is 0 Å². The van der Waals surface area contributed by atoms with E-state index in [9.17, 15) is 14.8 Å². The van der Waals surface area contributed by atoms with E-state index in [1.165, 1.54) is 18.2 Å². The lowest BCUT2D eigenvalue weighted by molar-refractivity contribution is -0.384. The molecule has 1 N–H and O–H groups in total. The number of non-ortho nitro benzene ring substituents is 1. The van der Waals surface area contributed by atoms with Crippen LogP contribution in [0.4, 0.5) is 5.69 Å². The van der Waals surface area contributed by atoms with E-state index >= 15 is 0 Å². The molecule has 62 valence electrons. The highest BCUT2D eigenvalue weighted by atomic mass is 16.6. The Morgan fingerprint density at radius 1 is 1.50 bits per heavy atom. The summed E-state index contributed by atoms with van der Waals surface area (Å²) in [5.74, 6) is 0. The summed E-state index contributed by atoms with van der Waals surface area (Å²) in [5.41, 5.74) is -0.188. The zero-order valence-electron chi connectivity index (χ0n) is 6.01. The van der Waals surface area contributed by atoms with Gasteiger partial charge in [0.15, 0.2) is 0 Å². The molecule has 0 spiro atoms. The maximum atomic E-state index is 10.4. The van der Waals surface area contributed by atoms with Crippen molar-refractivity contribution in [2.45, 2.75) is 0 Å². The second kappa shape index (κ2) is 3.12. The predicted molar refractivity (Wildman–Crippen MR) is 41.4 cm³/mol. The third kappa shape index (κ3) is 1.66. The van der Waals surface area contributed by atoms with Gasteiger partial charge in [0.1, 0.15) is 0 Å². The van der Waals surface area contributed by atoms with Gasteiger partial charge in [-0.2, -0.15) is 0 Å². The highest BCUT2D eigenvalue weighted by Crippen LogP contribution is 2.06. The second-order valence-electron chi connectivity index (χ2n) is 2.20. The summed E-state index contributed by atoms with van der Waals surface area (Å²) >= 11 is 0. The first kappa shape index (κ1) is 8.38. The maximum absolute atomic E-state index is 10.4. The van der Waals surface area contributed by atoms with Crippen LogP contribution in [0.1, 0.15) is 0 Å². The van der Waals surface area contributed by atoms with E-state index < -0.39 is 11.7 Å². The average Bonchev–Trinajstić information content (AvgIpc) is 2.04. The first-order chi connectivity index (χ1) is 5.61. The van der Waals surface area contributed by atoms with E-state index in [1.54, 1.807) is 0 Å². The van der Waals surface area contributed by atoms with Gasteiger partial charge in [-0.25, -0.2) is 0 Å². The highest BCUT2D eigenvalue weighted by Gasteiger charge is 2.03. The Labute approximate surface area is 67.9 Å². The van der Waals surface area contributed by atoms with Gasteiger partial charge < -0.3 is 9.73 Å². The molecule has 0 atom stereocenters. The molecule has 0 saturated heterocycles. The molecule has 0 bridgehead atoms. The number of nitro benzene ring substituents is 1. The van der Waals surface area contributed by atoms with E-state index in [0.717, 1.165) is 6.07 Å². The van der Waals surface area contributed by atoms with Crippen molar-refractivity contribution in [1.82, 2.24) is 0 Å². The van der Waals surface area contributed by atoms with Crippen LogP contribution in [-0.4, -0.2) is 16.7 Å². The number of hydrogen-bond donors (Lipinski definition) is 1. The fourth-order valence-electron chi connectivity index (χ4n) is 0.792. The Morgan fingerprint density at radius 3 is 2.67 bits per heavy atom. The van der Waals surface area contributed by atoms with Gasteiger partial charge in [0.05, 0.1) is 4.92 Å². The lowest BCUT2D eigenvalue weighted by Crippen LogP contribution is -2.20. The molecule has 1 aromatic rings. The molecule has 12 heavy (non-hydrogen) atoms. The fraction of sp³-hybridized carbons (Fsp3) is 0. The molecule has 1 aromatic carbocycles. The number of rotatable bonds is 2. The lowest BCUT2D eigenvalue weighted by atomic mass is 9.84. The Balaban J connectivity index is 3.12. The van der Waals surface area contributed by atoms with Crippen molar-refractivity contribution in [3.05, 3.63) is 34.4 Å². The van der Waals surface area contributed by atoms with Crippen molar-refractivity contribution in [2.24, 2.45) is 0 Å². The van der Waals surface area contributed by atoms with Crippen LogP contribution in [0.3, 0.4) is 0 Å². The quantitative estimate of drug-likeness (QED) is 0.371. The third-order valence-corrected chi connectivity index (χ3v) is 1.37. The van der Waals surface area contributed by atoms with Gasteiger partial charge >= 0.3 is 6.79 Å². The number of benzene rings is 1. The molecule has 0 aliphatic carbocycles. The molecule has 1 rings (SSSR count). The summed E-state index contributed by atoms with van der Waals surface area (Å²) < 4.78 is 10.4. The van der Waals surface area contributed by atoms with Crippen molar-refractivity contribution >= 4 is 17.9 Å². The minimum atomic E-state index is -1.91. The fourth-order valence-corrected chi connectivity index (χ4v) is 0.792. The first-order valence-electron chi connectivity index (χ1n) is 3.19. The van der Waals surface area contributed by atoms with Gasteiger partial charge in [-0.15, -0.1) is 5.46 Å². The molecular formula is C6H5BNO4-. The Bertz CT molecular complexity index is 309. The van der Waals surface area contributed by atoms with Crippen molar-refractivity contribution in [2.75, 3.05) is 0 Å². The summed E-state index contributed by atoms with van der Waals surface area (Å²) in [6, 6.07) is 5.00. The zero-order valence-corrected chi connectivity index (χ0v) is 6.01. The summed E-state index contributed by atoms with van der Waals surface area (Å²) in [7, 11) is 0. The molecular weight excluding hydrogens is 161 g/mol. The van der Waals surface area contributed by atoms with Crippen LogP contribution in [0.5, 0.6) is 0 Å². The minimum Gasteiger partial charge on any atom is -0.734 e. The lowest BCUT2D eigenvalue weighted by Gasteiger charge is -2.01. The molecule has 0 unspecified atom stereocenters. The van der Waals surface area contributed by atoms with Gasteiger partial charge in [-0.1, -0.05) is 12.1 Å². The zero-order chi connectivity index (χ0) is 9.14.